The van der Waals surface area contributed by atoms with Gasteiger partial charge in [-0.3, -0.25) is 14.9 Å². The fraction of sp³-hybridized carbons (Fsp3) is 0.522. The minimum absolute atomic E-state index is 0.110. The van der Waals surface area contributed by atoms with Crippen molar-refractivity contribution in [3.05, 3.63) is 41.5 Å². The van der Waals surface area contributed by atoms with Crippen LogP contribution in [0.2, 0.25) is 0 Å². The van der Waals surface area contributed by atoms with Crippen molar-refractivity contribution in [1.29, 1.82) is 0 Å². The molecule has 1 heterocycles. The number of hydroxylamine groups is 1. The van der Waals surface area contributed by atoms with Crippen molar-refractivity contribution >= 4 is 21.3 Å². The van der Waals surface area contributed by atoms with Gasteiger partial charge in [-0.1, -0.05) is 30.0 Å². The summed E-state index contributed by atoms with van der Waals surface area (Å²) in [4.78, 5) is 14.1. The molecule has 0 radical (unpaired) electrons. The highest BCUT2D eigenvalue weighted by Crippen LogP contribution is 2.25. The van der Waals surface area contributed by atoms with Gasteiger partial charge in [0.1, 0.15) is 0 Å². The molecule has 170 valence electrons. The maximum atomic E-state index is 12.1. The number of methoxy groups -OCH3 is 1. The number of rotatable bonds is 9. The Morgan fingerprint density at radius 2 is 2.03 bits per heavy atom. The number of benzene rings is 1. The Balaban J connectivity index is 1.93. The molecule has 31 heavy (non-hydrogen) atoms. The highest BCUT2D eigenvalue weighted by molar-refractivity contribution is 7.92. The van der Waals surface area contributed by atoms with Crippen molar-refractivity contribution in [2.24, 2.45) is 0 Å². The van der Waals surface area contributed by atoms with Gasteiger partial charge in [0.15, 0.2) is 14.6 Å². The molecule has 0 spiro atoms. The molecule has 1 amide bonds. The average Bonchev–Trinajstić information content (AvgIpc) is 2.76. The first kappa shape index (κ1) is 25.1. The van der Waals surface area contributed by atoms with Gasteiger partial charge in [0.2, 0.25) is 0 Å². The number of ether oxygens (including phenoxy) is 1. The van der Waals surface area contributed by atoms with Crippen molar-refractivity contribution in [2.75, 3.05) is 39.6 Å². The molecule has 2 rings (SSSR count). The van der Waals surface area contributed by atoms with E-state index in [4.69, 9.17) is 9.94 Å². The van der Waals surface area contributed by atoms with Crippen LogP contribution in [0.4, 0.5) is 0 Å². The summed E-state index contributed by atoms with van der Waals surface area (Å²) >= 11 is 0. The van der Waals surface area contributed by atoms with Gasteiger partial charge in [-0.2, -0.15) is 0 Å². The molecule has 1 aliphatic heterocycles. The molecular formula is C23H32N2O5S. The minimum Gasteiger partial charge on any atom is -0.385 e. The van der Waals surface area contributed by atoms with E-state index in [0.717, 1.165) is 49.8 Å². The fourth-order valence-corrected chi connectivity index (χ4v) is 4.22. The molecule has 2 N–H and O–H groups in total. The van der Waals surface area contributed by atoms with Crippen molar-refractivity contribution in [3.63, 3.8) is 0 Å². The summed E-state index contributed by atoms with van der Waals surface area (Å²) < 4.78 is 27.5. The standard InChI is InChI=1S/C23H32N2O5S/c1-23(22(26)24-27,31(3,28)29)14-17-25-15-12-21(13-16-25)20-10-8-19(9-11-20)7-5-4-6-18-30-2/h8-12,27H,4,6,13-18H2,1-3H3,(H,24,26). The Bertz CT molecular complexity index is 944. The van der Waals surface area contributed by atoms with Gasteiger partial charge >= 0.3 is 0 Å². The van der Waals surface area contributed by atoms with Crippen LogP contribution in [0.5, 0.6) is 0 Å². The van der Waals surface area contributed by atoms with Crippen LogP contribution in [0, 0.1) is 11.8 Å². The number of hydrogen-bond donors (Lipinski definition) is 2. The second-order valence-corrected chi connectivity index (χ2v) is 10.4. The predicted molar refractivity (Wildman–Crippen MR) is 121 cm³/mol. The lowest BCUT2D eigenvalue weighted by Gasteiger charge is -2.31. The number of unbranched alkanes of at least 4 members (excludes halogenated alkanes) is 1. The van der Waals surface area contributed by atoms with E-state index in [1.807, 2.05) is 12.1 Å². The van der Waals surface area contributed by atoms with Crippen molar-refractivity contribution < 1.29 is 23.2 Å². The van der Waals surface area contributed by atoms with Gasteiger partial charge < -0.3 is 4.74 Å². The molecule has 0 bridgehead atoms. The molecule has 1 atom stereocenters. The van der Waals surface area contributed by atoms with E-state index in [9.17, 15) is 13.2 Å². The maximum Gasteiger partial charge on any atom is 0.264 e. The van der Waals surface area contributed by atoms with Gasteiger partial charge in [-0.15, -0.1) is 0 Å². The molecule has 0 aromatic heterocycles. The Kier molecular flexibility index (Phi) is 9.26. The first-order chi connectivity index (χ1) is 14.7. The highest BCUT2D eigenvalue weighted by atomic mass is 32.2. The van der Waals surface area contributed by atoms with Crippen LogP contribution in [0.1, 0.15) is 43.7 Å². The summed E-state index contributed by atoms with van der Waals surface area (Å²) in [6.07, 6.45) is 5.85. The number of sulfone groups is 1. The number of nitrogens with one attached hydrogen (secondary N) is 1. The third-order valence-electron chi connectivity index (χ3n) is 5.74. The molecule has 0 fully saturated rings. The second kappa shape index (κ2) is 11.4. The zero-order valence-corrected chi connectivity index (χ0v) is 19.3. The third kappa shape index (κ3) is 6.91. The van der Waals surface area contributed by atoms with Gasteiger partial charge in [0.05, 0.1) is 0 Å². The summed E-state index contributed by atoms with van der Waals surface area (Å²) in [6, 6.07) is 8.20. The Morgan fingerprint density at radius 3 is 2.58 bits per heavy atom. The lowest BCUT2D eigenvalue weighted by Crippen LogP contribution is -2.51. The summed E-state index contributed by atoms with van der Waals surface area (Å²) in [5.74, 6) is 5.42. The number of carbonyl (C=O) groups is 1. The monoisotopic (exact) mass is 448 g/mol. The number of hydrogen-bond acceptors (Lipinski definition) is 6. The Morgan fingerprint density at radius 1 is 1.32 bits per heavy atom. The van der Waals surface area contributed by atoms with E-state index in [1.54, 1.807) is 7.11 Å². The Labute approximate surface area is 185 Å². The van der Waals surface area contributed by atoms with Crippen LogP contribution in [-0.2, 0) is 19.4 Å². The smallest absolute Gasteiger partial charge is 0.264 e. The molecule has 1 unspecified atom stereocenters. The lowest BCUT2D eigenvalue weighted by molar-refractivity contribution is -0.131. The van der Waals surface area contributed by atoms with Crippen molar-refractivity contribution in [2.45, 2.75) is 37.4 Å². The third-order valence-corrected chi connectivity index (χ3v) is 7.76. The molecule has 1 aromatic rings. The molecule has 1 aliphatic rings. The zero-order valence-electron chi connectivity index (χ0n) is 18.5. The van der Waals surface area contributed by atoms with E-state index in [1.165, 1.54) is 18.0 Å². The zero-order chi connectivity index (χ0) is 22.9. The van der Waals surface area contributed by atoms with Crippen LogP contribution in [0.3, 0.4) is 0 Å². The molecule has 0 saturated carbocycles. The van der Waals surface area contributed by atoms with Crippen LogP contribution in [-0.4, -0.2) is 68.8 Å². The summed E-state index contributed by atoms with van der Waals surface area (Å²) in [6.45, 7) is 3.96. The van der Waals surface area contributed by atoms with E-state index < -0.39 is 20.5 Å². The average molecular weight is 449 g/mol. The van der Waals surface area contributed by atoms with Crippen molar-refractivity contribution in [1.82, 2.24) is 10.4 Å². The van der Waals surface area contributed by atoms with Crippen LogP contribution >= 0.6 is 0 Å². The number of nitrogens with zero attached hydrogens (tertiary/aromatic N) is 1. The van der Waals surface area contributed by atoms with Crippen molar-refractivity contribution in [3.8, 4) is 11.8 Å². The molecule has 0 saturated heterocycles. The van der Waals surface area contributed by atoms with Crippen LogP contribution < -0.4 is 5.48 Å². The largest absolute Gasteiger partial charge is 0.385 e. The SMILES string of the molecule is COCCCC#Cc1ccc(C2=CCN(CCC(C)(C(=O)NO)S(C)(=O)=O)CC2)cc1. The number of carbonyl (C=O) groups excluding carboxylic acids is 1. The normalized spacial score (nSPS) is 16.6. The van der Waals surface area contributed by atoms with Crippen LogP contribution in [0.25, 0.3) is 5.57 Å². The fourth-order valence-electron chi connectivity index (χ4n) is 3.37. The highest BCUT2D eigenvalue weighted by Gasteiger charge is 2.43. The molecule has 7 nitrogen and oxygen atoms in total. The topological polar surface area (TPSA) is 95.9 Å². The quantitative estimate of drug-likeness (QED) is 0.260. The van der Waals surface area contributed by atoms with Crippen LogP contribution in [0.15, 0.2) is 30.3 Å². The number of amides is 1. The predicted octanol–water partition coefficient (Wildman–Crippen LogP) is 2.25. The van der Waals surface area contributed by atoms with E-state index in [-0.39, 0.29) is 6.42 Å². The van der Waals surface area contributed by atoms with Gasteiger partial charge in [0, 0.05) is 51.6 Å². The minimum atomic E-state index is -3.68. The maximum absolute atomic E-state index is 12.1. The lowest BCUT2D eigenvalue weighted by atomic mass is 9.98. The van der Waals surface area contributed by atoms with E-state index in [0.29, 0.717) is 13.1 Å². The molecule has 0 aliphatic carbocycles. The van der Waals surface area contributed by atoms with E-state index in [2.05, 4.69) is 34.9 Å². The molecular weight excluding hydrogens is 416 g/mol. The van der Waals surface area contributed by atoms with Gasteiger partial charge in [-0.05, 0) is 49.5 Å². The summed E-state index contributed by atoms with van der Waals surface area (Å²) in [7, 11) is -1.99. The van der Waals surface area contributed by atoms with Gasteiger partial charge in [0.25, 0.3) is 5.91 Å². The van der Waals surface area contributed by atoms with Gasteiger partial charge in [-0.25, -0.2) is 13.9 Å². The summed E-state index contributed by atoms with van der Waals surface area (Å²) in [5, 5.41) is 8.93. The molecule has 8 heteroatoms. The first-order valence-corrected chi connectivity index (χ1v) is 12.2. The first-order valence-electron chi connectivity index (χ1n) is 10.3. The second-order valence-electron chi connectivity index (χ2n) is 7.95. The summed E-state index contributed by atoms with van der Waals surface area (Å²) in [5.41, 5.74) is 4.88. The molecule has 1 aromatic carbocycles. The van der Waals surface area contributed by atoms with E-state index >= 15 is 0 Å². The Hall–Kier alpha value is -2.18.